The van der Waals surface area contributed by atoms with Gasteiger partial charge in [0.2, 0.25) is 0 Å². The molecule has 1 N–H and O–H groups in total. The largest absolute Gasteiger partial charge is 0.488 e. The maximum Gasteiger partial charge on any atom is 0.339 e. The Morgan fingerprint density at radius 1 is 1.30 bits per heavy atom. The molecule has 0 bridgehead atoms. The van der Waals surface area contributed by atoms with Gasteiger partial charge in [0.1, 0.15) is 12.2 Å². The number of benzene rings is 1. The van der Waals surface area contributed by atoms with Gasteiger partial charge >= 0.3 is 5.97 Å². The number of carboxylic acids is 1. The average molecular weight is 283 g/mol. The van der Waals surface area contributed by atoms with Crippen molar-refractivity contribution in [2.75, 3.05) is 13.2 Å². The maximum atomic E-state index is 13.7. The number of hydrogen-bond acceptors (Lipinski definition) is 3. The van der Waals surface area contributed by atoms with Crippen molar-refractivity contribution in [3.8, 4) is 5.75 Å². The first kappa shape index (κ1) is 16.4. The molecule has 1 rings (SSSR count). The van der Waals surface area contributed by atoms with Crippen molar-refractivity contribution in [2.45, 2.75) is 39.8 Å². The predicted molar refractivity (Wildman–Crippen MR) is 75.8 cm³/mol. The molecule has 0 spiro atoms. The lowest BCUT2D eigenvalue weighted by atomic mass is 10.2. The summed E-state index contributed by atoms with van der Waals surface area (Å²) in [7, 11) is 0. The van der Waals surface area contributed by atoms with Crippen LogP contribution in [0, 0.1) is 5.82 Å². The molecule has 0 saturated heterocycles. The van der Waals surface area contributed by atoms with E-state index in [9.17, 15) is 9.18 Å². The van der Waals surface area contributed by atoms with Gasteiger partial charge in [-0.1, -0.05) is 6.07 Å². The first-order chi connectivity index (χ1) is 9.34. The highest BCUT2D eigenvalue weighted by atomic mass is 19.1. The van der Waals surface area contributed by atoms with Crippen molar-refractivity contribution in [1.29, 1.82) is 0 Å². The van der Waals surface area contributed by atoms with E-state index >= 15 is 0 Å². The molecule has 0 aliphatic rings. The molecule has 0 aliphatic carbocycles. The van der Waals surface area contributed by atoms with Gasteiger partial charge in [0.05, 0.1) is 0 Å². The van der Waals surface area contributed by atoms with E-state index in [0.29, 0.717) is 18.6 Å². The molecule has 0 fully saturated rings. The van der Waals surface area contributed by atoms with Crippen molar-refractivity contribution >= 4 is 5.97 Å². The molecular weight excluding hydrogens is 261 g/mol. The highest BCUT2D eigenvalue weighted by Gasteiger charge is 2.17. The molecule has 0 heterocycles. The average Bonchev–Trinajstić information content (AvgIpc) is 2.34. The smallest absolute Gasteiger partial charge is 0.339 e. The fourth-order valence-corrected chi connectivity index (χ4v) is 2.19. The zero-order chi connectivity index (χ0) is 15.3. The minimum absolute atomic E-state index is 0.148. The molecule has 20 heavy (non-hydrogen) atoms. The summed E-state index contributed by atoms with van der Waals surface area (Å²) >= 11 is 0. The Kier molecular flexibility index (Phi) is 5.95. The van der Waals surface area contributed by atoms with Gasteiger partial charge in [-0.3, -0.25) is 4.90 Å². The maximum absolute atomic E-state index is 13.7. The highest BCUT2D eigenvalue weighted by molar-refractivity contribution is 5.90. The molecule has 0 aliphatic heterocycles. The third-order valence-electron chi connectivity index (χ3n) is 3.12. The number of para-hydroxylation sites is 1. The van der Waals surface area contributed by atoms with Crippen LogP contribution in [-0.2, 0) is 0 Å². The first-order valence-corrected chi connectivity index (χ1v) is 6.75. The summed E-state index contributed by atoms with van der Waals surface area (Å²) in [6.45, 7) is 9.16. The monoisotopic (exact) mass is 283 g/mol. The number of ether oxygens (including phenoxy) is 1. The molecule has 0 aromatic heterocycles. The lowest BCUT2D eigenvalue weighted by Gasteiger charge is -2.30. The van der Waals surface area contributed by atoms with Crippen LogP contribution in [0.5, 0.6) is 5.75 Å². The van der Waals surface area contributed by atoms with E-state index in [2.05, 4.69) is 32.6 Å². The van der Waals surface area contributed by atoms with Crippen LogP contribution in [0.1, 0.15) is 38.1 Å². The van der Waals surface area contributed by atoms with Crippen LogP contribution in [0.2, 0.25) is 0 Å². The van der Waals surface area contributed by atoms with Gasteiger partial charge in [-0.15, -0.1) is 0 Å². The Bertz CT molecular complexity index is 452. The first-order valence-electron chi connectivity index (χ1n) is 6.75. The van der Waals surface area contributed by atoms with Gasteiger partial charge in [-0.05, 0) is 39.8 Å². The van der Waals surface area contributed by atoms with E-state index < -0.39 is 11.8 Å². The summed E-state index contributed by atoms with van der Waals surface area (Å²) in [5.74, 6) is -2.03. The van der Waals surface area contributed by atoms with Crippen LogP contribution in [0.25, 0.3) is 0 Å². The number of carbonyl (C=O) groups is 1. The van der Waals surface area contributed by atoms with Crippen LogP contribution in [0.3, 0.4) is 0 Å². The van der Waals surface area contributed by atoms with Crippen LogP contribution in [0.4, 0.5) is 4.39 Å². The number of hydrogen-bond donors (Lipinski definition) is 1. The minimum Gasteiger partial charge on any atom is -0.488 e. The molecule has 0 unspecified atom stereocenters. The van der Waals surface area contributed by atoms with E-state index in [-0.39, 0.29) is 17.9 Å². The van der Waals surface area contributed by atoms with Gasteiger partial charge in [0, 0.05) is 18.6 Å². The van der Waals surface area contributed by atoms with E-state index in [1.807, 2.05) is 0 Å². The van der Waals surface area contributed by atoms with E-state index in [4.69, 9.17) is 9.84 Å². The molecule has 0 radical (unpaired) electrons. The van der Waals surface area contributed by atoms with Gasteiger partial charge < -0.3 is 9.84 Å². The third-order valence-corrected chi connectivity index (χ3v) is 3.12. The molecule has 5 heteroatoms. The van der Waals surface area contributed by atoms with E-state index in [1.54, 1.807) is 0 Å². The van der Waals surface area contributed by atoms with Crippen LogP contribution < -0.4 is 4.74 Å². The van der Waals surface area contributed by atoms with Crippen molar-refractivity contribution in [2.24, 2.45) is 0 Å². The van der Waals surface area contributed by atoms with Crippen LogP contribution in [0.15, 0.2) is 18.2 Å². The number of aromatic carboxylic acids is 1. The predicted octanol–water partition coefficient (Wildman–Crippen LogP) is 3.02. The lowest BCUT2D eigenvalue weighted by Crippen LogP contribution is -2.39. The van der Waals surface area contributed by atoms with Crippen molar-refractivity contribution in [3.05, 3.63) is 29.6 Å². The second kappa shape index (κ2) is 7.24. The minimum atomic E-state index is -1.19. The van der Waals surface area contributed by atoms with Crippen molar-refractivity contribution < 1.29 is 19.0 Å². The normalized spacial score (nSPS) is 11.4. The molecule has 4 nitrogen and oxygen atoms in total. The Labute approximate surface area is 119 Å². The summed E-state index contributed by atoms with van der Waals surface area (Å²) in [4.78, 5) is 13.2. The van der Waals surface area contributed by atoms with E-state index in [1.165, 1.54) is 18.2 Å². The third kappa shape index (κ3) is 4.20. The summed E-state index contributed by atoms with van der Waals surface area (Å²) in [5, 5.41) is 9.02. The topological polar surface area (TPSA) is 49.8 Å². The Balaban J connectivity index is 2.73. The van der Waals surface area contributed by atoms with E-state index in [0.717, 1.165) is 0 Å². The van der Waals surface area contributed by atoms with Gasteiger partial charge in [-0.2, -0.15) is 0 Å². The molecule has 0 atom stereocenters. The SMILES string of the molecule is CC(C)N(CCOc1c(F)cccc1C(=O)O)C(C)C. The molecule has 1 aromatic carbocycles. The quantitative estimate of drug-likeness (QED) is 0.835. The number of carboxylic acid groups (broad SMARTS) is 1. The Hall–Kier alpha value is -1.62. The number of halogens is 1. The molecule has 1 aromatic rings. The molecule has 0 amide bonds. The highest BCUT2D eigenvalue weighted by Crippen LogP contribution is 2.22. The van der Waals surface area contributed by atoms with Crippen LogP contribution >= 0.6 is 0 Å². The van der Waals surface area contributed by atoms with Crippen molar-refractivity contribution in [1.82, 2.24) is 4.90 Å². The fourth-order valence-electron chi connectivity index (χ4n) is 2.19. The van der Waals surface area contributed by atoms with Gasteiger partial charge in [0.25, 0.3) is 0 Å². The number of rotatable bonds is 7. The second-order valence-corrected chi connectivity index (χ2v) is 5.20. The van der Waals surface area contributed by atoms with Crippen LogP contribution in [-0.4, -0.2) is 41.2 Å². The molecule has 0 saturated carbocycles. The van der Waals surface area contributed by atoms with Gasteiger partial charge in [-0.25, -0.2) is 9.18 Å². The lowest BCUT2D eigenvalue weighted by molar-refractivity contribution is 0.0688. The summed E-state index contributed by atoms with van der Waals surface area (Å²) < 4.78 is 19.0. The second-order valence-electron chi connectivity index (χ2n) is 5.20. The Morgan fingerprint density at radius 2 is 1.90 bits per heavy atom. The summed E-state index contributed by atoms with van der Waals surface area (Å²) in [6.07, 6.45) is 0. The molecule has 112 valence electrons. The number of nitrogens with zero attached hydrogens (tertiary/aromatic N) is 1. The standard InChI is InChI=1S/C15H22FNO3/c1-10(2)17(11(3)4)8-9-20-14-12(15(18)19)6-5-7-13(14)16/h5-7,10-11H,8-9H2,1-4H3,(H,18,19). The summed E-state index contributed by atoms with van der Waals surface area (Å²) in [5.41, 5.74) is -0.148. The zero-order valence-corrected chi connectivity index (χ0v) is 12.4. The fraction of sp³-hybridized carbons (Fsp3) is 0.533. The Morgan fingerprint density at radius 3 is 2.40 bits per heavy atom. The zero-order valence-electron chi connectivity index (χ0n) is 12.4. The van der Waals surface area contributed by atoms with Gasteiger partial charge in [0.15, 0.2) is 11.6 Å². The van der Waals surface area contributed by atoms with Crippen molar-refractivity contribution in [3.63, 3.8) is 0 Å². The summed E-state index contributed by atoms with van der Waals surface area (Å²) in [6, 6.07) is 4.59. The molecular formula is C15H22FNO3.